The third-order valence-corrected chi connectivity index (χ3v) is 10.8. The molecule has 0 aromatic carbocycles. The molecule has 0 bridgehead atoms. The zero-order chi connectivity index (χ0) is 23.7. The Morgan fingerprint density at radius 2 is 1.84 bits per heavy atom. The number of ether oxygens (including phenoxy) is 2. The van der Waals surface area contributed by atoms with E-state index < -0.39 is 32.8 Å². The fourth-order valence-electron chi connectivity index (χ4n) is 3.29. The van der Waals surface area contributed by atoms with E-state index in [2.05, 4.69) is 39.2 Å². The molecule has 0 aromatic heterocycles. The first kappa shape index (κ1) is 27.9. The van der Waals surface area contributed by atoms with Gasteiger partial charge in [-0.3, -0.25) is 9.69 Å². The van der Waals surface area contributed by atoms with E-state index >= 15 is 0 Å². The van der Waals surface area contributed by atoms with Crippen molar-refractivity contribution in [2.45, 2.75) is 109 Å². The van der Waals surface area contributed by atoms with E-state index in [4.69, 9.17) is 13.9 Å². The highest BCUT2D eigenvalue weighted by Crippen LogP contribution is 2.39. The van der Waals surface area contributed by atoms with Crippen molar-refractivity contribution in [3.05, 3.63) is 0 Å². The lowest BCUT2D eigenvalue weighted by Crippen LogP contribution is -2.53. The van der Waals surface area contributed by atoms with Crippen LogP contribution < -0.4 is 5.32 Å². The lowest BCUT2D eigenvalue weighted by molar-refractivity contribution is -0.121. The van der Waals surface area contributed by atoms with Gasteiger partial charge in [0.2, 0.25) is 6.41 Å². The van der Waals surface area contributed by atoms with Crippen LogP contribution in [0, 0.1) is 0 Å². The number of rotatable bonds is 13. The van der Waals surface area contributed by atoms with Gasteiger partial charge in [-0.25, -0.2) is 4.79 Å². The van der Waals surface area contributed by atoms with Gasteiger partial charge in [-0.05, 0) is 37.4 Å². The molecule has 0 aliphatic carbocycles. The summed E-state index contributed by atoms with van der Waals surface area (Å²) in [6.45, 7) is 16.0. The summed E-state index contributed by atoms with van der Waals surface area (Å²) in [5.74, 6) is 0. The maximum absolute atomic E-state index is 12.8. The molecule has 2 N–H and O–H groups in total. The van der Waals surface area contributed by atoms with Crippen LogP contribution in [0.25, 0.3) is 0 Å². The van der Waals surface area contributed by atoms with Gasteiger partial charge in [0.05, 0.1) is 18.8 Å². The van der Waals surface area contributed by atoms with Crippen LogP contribution in [0.1, 0.15) is 66.7 Å². The van der Waals surface area contributed by atoms with E-state index in [1.54, 1.807) is 4.90 Å². The minimum Gasteiger partial charge on any atom is -0.449 e. The van der Waals surface area contributed by atoms with E-state index in [9.17, 15) is 14.7 Å². The molecule has 9 heteroatoms. The maximum Gasteiger partial charge on any atom is 0.410 e. The van der Waals surface area contributed by atoms with Crippen LogP contribution in [0.5, 0.6) is 0 Å². The van der Waals surface area contributed by atoms with Gasteiger partial charge in [0.15, 0.2) is 14.5 Å². The minimum atomic E-state index is -2.06. The van der Waals surface area contributed by atoms with Crippen molar-refractivity contribution in [3.63, 3.8) is 0 Å². The van der Waals surface area contributed by atoms with Gasteiger partial charge in [0.25, 0.3) is 0 Å². The molecule has 0 aromatic rings. The molecule has 1 rings (SSSR count). The molecule has 4 unspecified atom stereocenters. The number of unbranched alkanes of at least 4 members (excludes halogenated alkanes) is 2. The number of carbonyl (C=O) groups is 2. The van der Waals surface area contributed by atoms with Gasteiger partial charge in [0, 0.05) is 13.2 Å². The van der Waals surface area contributed by atoms with Crippen LogP contribution in [0.3, 0.4) is 0 Å². The molecular weight excluding hydrogens is 416 g/mol. The van der Waals surface area contributed by atoms with Crippen LogP contribution in [0.4, 0.5) is 4.79 Å². The normalized spacial score (nSPS) is 21.6. The topological polar surface area (TPSA) is 97.3 Å². The number of hydrogen-bond donors (Lipinski definition) is 2. The Morgan fingerprint density at radius 3 is 2.39 bits per heavy atom. The van der Waals surface area contributed by atoms with Gasteiger partial charge in [-0.15, -0.1) is 0 Å². The van der Waals surface area contributed by atoms with E-state index in [-0.39, 0.29) is 11.1 Å². The number of aliphatic hydroxyl groups is 1. The third kappa shape index (κ3) is 8.36. The minimum absolute atomic E-state index is 0.0288. The molecule has 1 fully saturated rings. The van der Waals surface area contributed by atoms with Crippen LogP contribution >= 0.6 is 0 Å². The van der Waals surface area contributed by atoms with Crippen LogP contribution in [-0.4, -0.2) is 75.1 Å². The molecule has 1 aliphatic rings. The molecular formula is C22H44N2O6Si. The highest BCUT2D eigenvalue weighted by atomic mass is 28.4. The number of likely N-dealkylation sites (tertiary alicyclic amines) is 1. The molecule has 0 radical (unpaired) electrons. The van der Waals surface area contributed by atoms with Crippen LogP contribution in [0.15, 0.2) is 0 Å². The molecule has 0 saturated carbocycles. The first-order chi connectivity index (χ1) is 14.5. The summed E-state index contributed by atoms with van der Waals surface area (Å²) >= 11 is 0. The average molecular weight is 461 g/mol. The van der Waals surface area contributed by atoms with Crippen LogP contribution in [0.2, 0.25) is 18.1 Å². The second-order valence-corrected chi connectivity index (χ2v) is 14.6. The quantitative estimate of drug-likeness (QED) is 0.188. The summed E-state index contributed by atoms with van der Waals surface area (Å²) in [7, 11) is -2.06. The van der Waals surface area contributed by atoms with Gasteiger partial charge in [-0.2, -0.15) is 0 Å². The molecule has 0 spiro atoms. The summed E-state index contributed by atoms with van der Waals surface area (Å²) in [4.78, 5) is 25.4. The van der Waals surface area contributed by atoms with Crippen molar-refractivity contribution >= 4 is 20.8 Å². The monoisotopic (exact) mass is 460 g/mol. The summed E-state index contributed by atoms with van der Waals surface area (Å²) in [6.07, 6.45) is 1.79. The Morgan fingerprint density at radius 1 is 1.23 bits per heavy atom. The van der Waals surface area contributed by atoms with Crippen molar-refractivity contribution in [1.82, 2.24) is 10.2 Å². The van der Waals surface area contributed by atoms with E-state index in [0.29, 0.717) is 32.6 Å². The number of amides is 2. The standard InChI is InChI=1S/C22H44N2O6Si/c1-8-10-12-28-20(23-16-25)19(26)18-14-17(30-31(6,7)22(3,4)5)15-24(18)21(27)29-13-11-9-2/h16-20,26H,8-15H2,1-7H3,(H,23,25). The number of aliphatic hydroxyl groups excluding tert-OH is 1. The number of nitrogens with zero attached hydrogens (tertiary/aromatic N) is 1. The maximum atomic E-state index is 12.8. The number of hydrogen-bond acceptors (Lipinski definition) is 6. The lowest BCUT2D eigenvalue weighted by atomic mass is 10.1. The molecule has 1 heterocycles. The fourth-order valence-corrected chi connectivity index (χ4v) is 4.65. The Labute approximate surface area is 189 Å². The summed E-state index contributed by atoms with van der Waals surface area (Å²) < 4.78 is 17.7. The van der Waals surface area contributed by atoms with E-state index in [0.717, 1.165) is 25.7 Å². The number of nitrogens with one attached hydrogen (secondary N) is 1. The SMILES string of the molecule is CCCCOC(=O)N1CC(O[Si](C)(C)C(C)(C)C)CC1C(O)C(NC=O)OCCCC. The van der Waals surface area contributed by atoms with Crippen LogP contribution in [-0.2, 0) is 18.7 Å². The Bertz CT molecular complexity index is 555. The molecule has 8 nitrogen and oxygen atoms in total. The molecule has 4 atom stereocenters. The zero-order valence-corrected chi connectivity index (χ0v) is 21.5. The van der Waals surface area contributed by atoms with Gasteiger partial charge >= 0.3 is 6.09 Å². The van der Waals surface area contributed by atoms with Crippen molar-refractivity contribution in [1.29, 1.82) is 0 Å². The molecule has 1 saturated heterocycles. The largest absolute Gasteiger partial charge is 0.449 e. The third-order valence-electron chi connectivity index (χ3n) is 6.26. The predicted molar refractivity (Wildman–Crippen MR) is 123 cm³/mol. The molecule has 2 amide bonds. The number of carbonyl (C=O) groups excluding carboxylic acids is 2. The van der Waals surface area contributed by atoms with Gasteiger partial charge in [0.1, 0.15) is 6.10 Å². The molecule has 31 heavy (non-hydrogen) atoms. The highest BCUT2D eigenvalue weighted by molar-refractivity contribution is 6.74. The van der Waals surface area contributed by atoms with Crippen molar-refractivity contribution in [2.75, 3.05) is 19.8 Å². The Balaban J connectivity index is 3.00. The average Bonchev–Trinajstić information content (AvgIpc) is 3.09. The lowest BCUT2D eigenvalue weighted by Gasteiger charge is -2.38. The first-order valence-electron chi connectivity index (χ1n) is 11.6. The summed E-state index contributed by atoms with van der Waals surface area (Å²) in [6, 6.07) is -0.567. The Hall–Kier alpha value is -1.16. The zero-order valence-electron chi connectivity index (χ0n) is 20.5. The summed E-state index contributed by atoms with van der Waals surface area (Å²) in [5, 5.41) is 13.6. The van der Waals surface area contributed by atoms with Gasteiger partial charge < -0.3 is 24.3 Å². The van der Waals surface area contributed by atoms with E-state index in [1.807, 2.05) is 13.8 Å². The Kier molecular flexibility index (Phi) is 11.5. The highest BCUT2D eigenvalue weighted by Gasteiger charge is 2.47. The smallest absolute Gasteiger partial charge is 0.410 e. The van der Waals surface area contributed by atoms with Gasteiger partial charge in [-0.1, -0.05) is 47.5 Å². The molecule has 1 aliphatic heterocycles. The van der Waals surface area contributed by atoms with Crippen molar-refractivity contribution < 1.29 is 28.6 Å². The van der Waals surface area contributed by atoms with Crippen molar-refractivity contribution in [3.8, 4) is 0 Å². The van der Waals surface area contributed by atoms with E-state index in [1.165, 1.54) is 0 Å². The predicted octanol–water partition coefficient (Wildman–Crippen LogP) is 3.64. The second kappa shape index (κ2) is 12.8. The first-order valence-corrected chi connectivity index (χ1v) is 14.5. The summed E-state index contributed by atoms with van der Waals surface area (Å²) in [5.41, 5.74) is 0. The van der Waals surface area contributed by atoms with Crippen molar-refractivity contribution in [2.24, 2.45) is 0 Å². The second-order valence-electron chi connectivity index (χ2n) is 9.84. The fraction of sp³-hybridized carbons (Fsp3) is 0.909. The molecule has 182 valence electrons.